The molecular formula is C19H19ClN2O2. The Morgan fingerprint density at radius 2 is 1.58 bits per heavy atom. The molecule has 24 heavy (non-hydrogen) atoms. The van der Waals surface area contributed by atoms with E-state index in [0.717, 1.165) is 18.4 Å². The molecule has 2 aromatic carbocycles. The Hall–Kier alpha value is -2.33. The van der Waals surface area contributed by atoms with Gasteiger partial charge in [-0.2, -0.15) is 0 Å². The third kappa shape index (κ3) is 3.15. The van der Waals surface area contributed by atoms with E-state index in [1.165, 1.54) is 4.90 Å². The summed E-state index contributed by atoms with van der Waals surface area (Å²) in [5, 5.41) is 3.62. The average molecular weight is 343 g/mol. The number of benzene rings is 2. The second-order valence-electron chi connectivity index (χ2n) is 6.32. The van der Waals surface area contributed by atoms with E-state index in [0.29, 0.717) is 16.3 Å². The first kappa shape index (κ1) is 16.5. The quantitative estimate of drug-likeness (QED) is 0.920. The number of halogens is 1. The van der Waals surface area contributed by atoms with Gasteiger partial charge in [0.15, 0.2) is 0 Å². The molecule has 0 radical (unpaired) electrons. The molecule has 1 aliphatic rings. The van der Waals surface area contributed by atoms with Gasteiger partial charge in [-0.3, -0.25) is 9.59 Å². The second kappa shape index (κ2) is 6.29. The highest BCUT2D eigenvalue weighted by Gasteiger charge is 2.51. The highest BCUT2D eigenvalue weighted by Crippen LogP contribution is 2.49. The van der Waals surface area contributed by atoms with E-state index in [9.17, 15) is 9.59 Å². The number of hydrogen-bond acceptors (Lipinski definition) is 2. The van der Waals surface area contributed by atoms with E-state index < -0.39 is 5.41 Å². The fraction of sp³-hybridized carbons (Fsp3) is 0.263. The summed E-state index contributed by atoms with van der Waals surface area (Å²) in [6.07, 6.45) is 1.66. The summed E-state index contributed by atoms with van der Waals surface area (Å²) < 4.78 is 0. The normalized spacial score (nSPS) is 14.8. The first-order chi connectivity index (χ1) is 11.4. The fourth-order valence-electron chi connectivity index (χ4n) is 2.75. The summed E-state index contributed by atoms with van der Waals surface area (Å²) >= 11 is 5.92. The van der Waals surface area contributed by atoms with E-state index in [4.69, 9.17) is 11.6 Å². The number of nitrogens with zero attached hydrogens (tertiary/aromatic N) is 1. The molecule has 0 heterocycles. The van der Waals surface area contributed by atoms with E-state index >= 15 is 0 Å². The maximum atomic E-state index is 12.7. The van der Waals surface area contributed by atoms with Gasteiger partial charge in [0.25, 0.3) is 5.91 Å². The van der Waals surface area contributed by atoms with Gasteiger partial charge in [0.1, 0.15) is 0 Å². The minimum absolute atomic E-state index is 0.0171. The molecule has 3 rings (SSSR count). The molecule has 0 saturated heterocycles. The van der Waals surface area contributed by atoms with Crippen LogP contribution >= 0.6 is 11.6 Å². The van der Waals surface area contributed by atoms with Gasteiger partial charge < -0.3 is 10.2 Å². The van der Waals surface area contributed by atoms with Crippen molar-refractivity contribution in [1.29, 1.82) is 0 Å². The predicted molar refractivity (Wildman–Crippen MR) is 95.5 cm³/mol. The predicted octanol–water partition coefficient (Wildman–Crippen LogP) is 3.71. The number of rotatable bonds is 4. The van der Waals surface area contributed by atoms with Crippen LogP contribution in [0.15, 0.2) is 48.5 Å². The van der Waals surface area contributed by atoms with E-state index in [1.807, 2.05) is 24.3 Å². The summed E-state index contributed by atoms with van der Waals surface area (Å²) in [7, 11) is 3.42. The van der Waals surface area contributed by atoms with Gasteiger partial charge in [-0.25, -0.2) is 0 Å². The largest absolute Gasteiger partial charge is 0.345 e. The molecule has 124 valence electrons. The number of amides is 2. The molecular weight excluding hydrogens is 324 g/mol. The fourth-order valence-corrected chi connectivity index (χ4v) is 2.87. The third-order valence-corrected chi connectivity index (χ3v) is 4.63. The average Bonchev–Trinajstić information content (AvgIpc) is 3.37. The van der Waals surface area contributed by atoms with Crippen LogP contribution in [0.4, 0.5) is 5.69 Å². The van der Waals surface area contributed by atoms with Crippen LogP contribution in [0.25, 0.3) is 0 Å². The highest BCUT2D eigenvalue weighted by atomic mass is 35.5. The van der Waals surface area contributed by atoms with Crippen LogP contribution in [0.5, 0.6) is 0 Å². The SMILES string of the molecule is CN(C)C(=O)c1ccc(NC(=O)C2(c3ccc(Cl)cc3)CC2)cc1. The van der Waals surface area contributed by atoms with Crippen molar-refractivity contribution in [3.05, 3.63) is 64.7 Å². The number of carbonyl (C=O) groups is 2. The number of nitrogens with one attached hydrogen (secondary N) is 1. The van der Waals surface area contributed by atoms with Gasteiger partial charge in [-0.1, -0.05) is 23.7 Å². The van der Waals surface area contributed by atoms with Crippen LogP contribution in [-0.4, -0.2) is 30.8 Å². The molecule has 1 N–H and O–H groups in total. The number of anilines is 1. The lowest BCUT2D eigenvalue weighted by molar-refractivity contribution is -0.118. The molecule has 1 fully saturated rings. The van der Waals surface area contributed by atoms with Crippen molar-refractivity contribution < 1.29 is 9.59 Å². The minimum atomic E-state index is -0.456. The van der Waals surface area contributed by atoms with Crippen LogP contribution in [0.3, 0.4) is 0 Å². The Morgan fingerprint density at radius 3 is 2.08 bits per heavy atom. The van der Waals surface area contributed by atoms with Crippen molar-refractivity contribution >= 4 is 29.1 Å². The maximum absolute atomic E-state index is 12.7. The van der Waals surface area contributed by atoms with Crippen molar-refractivity contribution in [2.75, 3.05) is 19.4 Å². The molecule has 1 aliphatic carbocycles. The first-order valence-corrected chi connectivity index (χ1v) is 8.19. The van der Waals surface area contributed by atoms with E-state index in [2.05, 4.69) is 5.32 Å². The smallest absolute Gasteiger partial charge is 0.253 e. The zero-order valence-corrected chi connectivity index (χ0v) is 14.4. The van der Waals surface area contributed by atoms with Crippen molar-refractivity contribution in [3.8, 4) is 0 Å². The molecule has 0 aliphatic heterocycles. The van der Waals surface area contributed by atoms with Crippen LogP contribution in [-0.2, 0) is 10.2 Å². The van der Waals surface area contributed by atoms with Crippen LogP contribution in [0.2, 0.25) is 5.02 Å². The van der Waals surface area contributed by atoms with Gasteiger partial charge in [0, 0.05) is 30.4 Å². The standard InChI is InChI=1S/C19H19ClN2O2/c1-22(2)17(23)13-3-9-16(10-4-13)21-18(24)19(11-12-19)14-5-7-15(20)8-6-14/h3-10H,11-12H2,1-2H3,(H,21,24). The first-order valence-electron chi connectivity index (χ1n) is 7.82. The van der Waals surface area contributed by atoms with Crippen LogP contribution in [0.1, 0.15) is 28.8 Å². The Balaban J connectivity index is 1.73. The van der Waals surface area contributed by atoms with Crippen molar-refractivity contribution in [2.24, 2.45) is 0 Å². The summed E-state index contributed by atoms with van der Waals surface area (Å²) in [4.78, 5) is 26.1. The second-order valence-corrected chi connectivity index (χ2v) is 6.76. The van der Waals surface area contributed by atoms with Crippen molar-refractivity contribution in [1.82, 2.24) is 4.90 Å². The third-order valence-electron chi connectivity index (χ3n) is 4.38. The molecule has 1 saturated carbocycles. The Labute approximate surface area is 146 Å². The van der Waals surface area contributed by atoms with Gasteiger partial charge in [-0.05, 0) is 54.8 Å². The van der Waals surface area contributed by atoms with Crippen LogP contribution in [0, 0.1) is 0 Å². The zero-order chi connectivity index (χ0) is 17.3. The summed E-state index contributed by atoms with van der Waals surface area (Å²) in [6, 6.07) is 14.4. The molecule has 2 aromatic rings. The van der Waals surface area contributed by atoms with Crippen molar-refractivity contribution in [3.63, 3.8) is 0 Å². The van der Waals surface area contributed by atoms with Gasteiger partial charge >= 0.3 is 0 Å². The topological polar surface area (TPSA) is 49.4 Å². The molecule has 0 bridgehead atoms. The van der Waals surface area contributed by atoms with Crippen LogP contribution < -0.4 is 5.32 Å². The zero-order valence-electron chi connectivity index (χ0n) is 13.7. The lowest BCUT2D eigenvalue weighted by atomic mass is 9.95. The molecule has 4 nitrogen and oxygen atoms in total. The molecule has 0 atom stereocenters. The molecule has 5 heteroatoms. The minimum Gasteiger partial charge on any atom is -0.345 e. The lowest BCUT2D eigenvalue weighted by Gasteiger charge is -2.16. The number of hydrogen-bond donors (Lipinski definition) is 1. The molecule has 0 unspecified atom stereocenters. The van der Waals surface area contributed by atoms with Gasteiger partial charge in [0.05, 0.1) is 5.41 Å². The molecule has 2 amide bonds. The molecule has 0 spiro atoms. The Morgan fingerprint density at radius 1 is 1.00 bits per heavy atom. The molecule has 0 aromatic heterocycles. The maximum Gasteiger partial charge on any atom is 0.253 e. The summed E-state index contributed by atoms with van der Waals surface area (Å²) in [5.41, 5.74) is 1.82. The summed E-state index contributed by atoms with van der Waals surface area (Å²) in [5.74, 6) is -0.0794. The number of carbonyl (C=O) groups excluding carboxylic acids is 2. The van der Waals surface area contributed by atoms with E-state index in [1.54, 1.807) is 38.4 Å². The lowest BCUT2D eigenvalue weighted by Crippen LogP contribution is -2.27. The highest BCUT2D eigenvalue weighted by molar-refractivity contribution is 6.30. The summed E-state index contributed by atoms with van der Waals surface area (Å²) in [6.45, 7) is 0. The monoisotopic (exact) mass is 342 g/mol. The van der Waals surface area contributed by atoms with Crippen molar-refractivity contribution in [2.45, 2.75) is 18.3 Å². The Kier molecular flexibility index (Phi) is 4.33. The van der Waals surface area contributed by atoms with Gasteiger partial charge in [0.2, 0.25) is 5.91 Å². The van der Waals surface area contributed by atoms with Gasteiger partial charge in [-0.15, -0.1) is 0 Å². The Bertz CT molecular complexity index is 763. The van der Waals surface area contributed by atoms with E-state index in [-0.39, 0.29) is 11.8 Å².